The van der Waals surface area contributed by atoms with Crippen LogP contribution in [0.2, 0.25) is 0 Å². The summed E-state index contributed by atoms with van der Waals surface area (Å²) >= 11 is 0. The largest absolute Gasteiger partial charge is 0.330 e. The second-order valence-corrected chi connectivity index (χ2v) is 4.91. The fourth-order valence-electron chi connectivity index (χ4n) is 2.83. The summed E-state index contributed by atoms with van der Waals surface area (Å²) in [6, 6.07) is 7.09. The van der Waals surface area contributed by atoms with Crippen molar-refractivity contribution in [3.05, 3.63) is 34.9 Å². The maximum absolute atomic E-state index is 5.62. The molecule has 1 nitrogen and oxygen atoms in total. The molecule has 0 heterocycles. The predicted octanol–water partition coefficient (Wildman–Crippen LogP) is 3.41. The van der Waals surface area contributed by atoms with E-state index in [1.54, 1.807) is 11.1 Å². The molecule has 0 aliphatic heterocycles. The maximum Gasteiger partial charge on any atom is -0.00771 e. The van der Waals surface area contributed by atoms with Crippen LogP contribution >= 0.6 is 0 Å². The van der Waals surface area contributed by atoms with Crippen LogP contribution in [-0.4, -0.2) is 6.54 Å². The minimum atomic E-state index is 0.777. The molecule has 0 saturated carbocycles. The van der Waals surface area contributed by atoms with Gasteiger partial charge in [-0.25, -0.2) is 0 Å². The maximum atomic E-state index is 5.62. The number of hydrogen-bond donors (Lipinski definition) is 1. The summed E-state index contributed by atoms with van der Waals surface area (Å²) in [5.74, 6) is 0.777. The fourth-order valence-corrected chi connectivity index (χ4v) is 2.83. The molecule has 0 bridgehead atoms. The van der Waals surface area contributed by atoms with Gasteiger partial charge in [-0.1, -0.05) is 25.1 Å². The van der Waals surface area contributed by atoms with Gasteiger partial charge >= 0.3 is 0 Å². The molecule has 1 aliphatic rings. The lowest BCUT2D eigenvalue weighted by Crippen LogP contribution is -2.12. The second-order valence-electron chi connectivity index (χ2n) is 4.91. The third kappa shape index (κ3) is 2.46. The molecule has 0 spiro atoms. The molecule has 1 aliphatic carbocycles. The van der Waals surface area contributed by atoms with Crippen LogP contribution in [-0.2, 0) is 12.8 Å². The van der Waals surface area contributed by atoms with E-state index >= 15 is 0 Å². The van der Waals surface area contributed by atoms with Crippen molar-refractivity contribution < 1.29 is 0 Å². The van der Waals surface area contributed by atoms with Gasteiger partial charge in [-0.15, -0.1) is 0 Å². The summed E-state index contributed by atoms with van der Waals surface area (Å²) in [5, 5.41) is 0. The third-order valence-corrected chi connectivity index (χ3v) is 3.81. The zero-order chi connectivity index (χ0) is 11.4. The van der Waals surface area contributed by atoms with Crippen LogP contribution in [0.3, 0.4) is 0 Å². The molecule has 0 aromatic heterocycles. The lowest BCUT2D eigenvalue weighted by Gasteiger charge is -2.26. The summed E-state index contributed by atoms with van der Waals surface area (Å²) in [4.78, 5) is 0. The first-order valence-corrected chi connectivity index (χ1v) is 6.67. The van der Waals surface area contributed by atoms with Crippen molar-refractivity contribution in [3.63, 3.8) is 0 Å². The molecule has 2 N–H and O–H groups in total. The van der Waals surface area contributed by atoms with Crippen molar-refractivity contribution in [2.24, 2.45) is 5.73 Å². The molecule has 0 amide bonds. The van der Waals surface area contributed by atoms with E-state index in [0.717, 1.165) is 18.9 Å². The SMILES string of the molecule is CCc1ccc2c(c1)C(CCCN)CCC2. The van der Waals surface area contributed by atoms with Crippen LogP contribution in [0, 0.1) is 0 Å². The lowest BCUT2D eigenvalue weighted by atomic mass is 9.79. The van der Waals surface area contributed by atoms with Crippen LogP contribution in [0.4, 0.5) is 0 Å². The van der Waals surface area contributed by atoms with Gasteiger partial charge in [0.15, 0.2) is 0 Å². The van der Waals surface area contributed by atoms with E-state index in [4.69, 9.17) is 5.73 Å². The predicted molar refractivity (Wildman–Crippen MR) is 69.8 cm³/mol. The van der Waals surface area contributed by atoms with Gasteiger partial charge in [0.1, 0.15) is 0 Å². The summed E-state index contributed by atoms with van der Waals surface area (Å²) in [6.07, 6.45) is 7.58. The Hall–Kier alpha value is -0.820. The van der Waals surface area contributed by atoms with Crippen molar-refractivity contribution in [1.82, 2.24) is 0 Å². The molecule has 0 radical (unpaired) electrons. The Morgan fingerprint density at radius 2 is 2.25 bits per heavy atom. The zero-order valence-electron chi connectivity index (χ0n) is 10.3. The first kappa shape index (κ1) is 11.7. The molecular weight excluding hydrogens is 194 g/mol. The molecule has 2 rings (SSSR count). The number of benzene rings is 1. The van der Waals surface area contributed by atoms with Gasteiger partial charge in [0.2, 0.25) is 0 Å². The molecule has 1 atom stereocenters. The number of hydrogen-bond acceptors (Lipinski definition) is 1. The van der Waals surface area contributed by atoms with E-state index in [-0.39, 0.29) is 0 Å². The van der Waals surface area contributed by atoms with E-state index in [9.17, 15) is 0 Å². The summed E-state index contributed by atoms with van der Waals surface area (Å²) in [6.45, 7) is 3.07. The van der Waals surface area contributed by atoms with Gasteiger partial charge in [-0.05, 0) is 67.7 Å². The van der Waals surface area contributed by atoms with Crippen molar-refractivity contribution in [2.45, 2.75) is 51.4 Å². The van der Waals surface area contributed by atoms with Gasteiger partial charge in [0.05, 0.1) is 0 Å². The second kappa shape index (κ2) is 5.49. The molecule has 1 heteroatoms. The average Bonchev–Trinajstić information content (AvgIpc) is 2.35. The first-order valence-electron chi connectivity index (χ1n) is 6.67. The third-order valence-electron chi connectivity index (χ3n) is 3.81. The van der Waals surface area contributed by atoms with Crippen molar-refractivity contribution in [3.8, 4) is 0 Å². The highest BCUT2D eigenvalue weighted by Gasteiger charge is 2.19. The van der Waals surface area contributed by atoms with Gasteiger partial charge in [0.25, 0.3) is 0 Å². The topological polar surface area (TPSA) is 26.0 Å². The molecule has 0 fully saturated rings. The molecule has 1 aromatic carbocycles. The zero-order valence-corrected chi connectivity index (χ0v) is 10.3. The molecule has 88 valence electrons. The highest BCUT2D eigenvalue weighted by atomic mass is 14.5. The summed E-state index contributed by atoms with van der Waals surface area (Å²) in [5.41, 5.74) is 10.3. The summed E-state index contributed by atoms with van der Waals surface area (Å²) in [7, 11) is 0. The van der Waals surface area contributed by atoms with Crippen LogP contribution in [0.25, 0.3) is 0 Å². The Morgan fingerprint density at radius 1 is 1.38 bits per heavy atom. The van der Waals surface area contributed by atoms with Crippen LogP contribution in [0.1, 0.15) is 55.2 Å². The summed E-state index contributed by atoms with van der Waals surface area (Å²) < 4.78 is 0. The Labute approximate surface area is 99.0 Å². The normalized spacial score (nSPS) is 19.5. The average molecular weight is 217 g/mol. The number of aryl methyl sites for hydroxylation is 2. The van der Waals surface area contributed by atoms with E-state index in [2.05, 4.69) is 25.1 Å². The molecule has 1 aromatic rings. The molecule has 16 heavy (non-hydrogen) atoms. The van der Waals surface area contributed by atoms with E-state index in [1.165, 1.54) is 37.7 Å². The van der Waals surface area contributed by atoms with Crippen molar-refractivity contribution in [2.75, 3.05) is 6.54 Å². The first-order chi connectivity index (χ1) is 7.85. The molecule has 1 unspecified atom stereocenters. The van der Waals surface area contributed by atoms with Crippen LogP contribution in [0.15, 0.2) is 18.2 Å². The van der Waals surface area contributed by atoms with Crippen LogP contribution < -0.4 is 5.73 Å². The Kier molecular flexibility index (Phi) is 4.00. The van der Waals surface area contributed by atoms with Crippen LogP contribution in [0.5, 0.6) is 0 Å². The van der Waals surface area contributed by atoms with Gasteiger partial charge in [-0.3, -0.25) is 0 Å². The standard InChI is InChI=1S/C15H23N/c1-2-12-8-9-14-6-3-5-13(7-4-10-16)15(14)11-12/h8-9,11,13H,2-7,10,16H2,1H3. The fraction of sp³-hybridized carbons (Fsp3) is 0.600. The van der Waals surface area contributed by atoms with E-state index < -0.39 is 0 Å². The highest BCUT2D eigenvalue weighted by Crippen LogP contribution is 2.35. The molecular formula is C15H23N. The molecule has 0 saturated heterocycles. The monoisotopic (exact) mass is 217 g/mol. The number of nitrogens with two attached hydrogens (primary N) is 1. The van der Waals surface area contributed by atoms with E-state index in [1.807, 2.05) is 0 Å². The highest BCUT2D eigenvalue weighted by molar-refractivity contribution is 5.36. The van der Waals surface area contributed by atoms with Crippen molar-refractivity contribution >= 4 is 0 Å². The van der Waals surface area contributed by atoms with Crippen molar-refractivity contribution in [1.29, 1.82) is 0 Å². The lowest BCUT2D eigenvalue weighted by molar-refractivity contribution is 0.507. The number of fused-ring (bicyclic) bond motifs is 1. The van der Waals surface area contributed by atoms with E-state index in [0.29, 0.717) is 0 Å². The quantitative estimate of drug-likeness (QED) is 0.821. The van der Waals surface area contributed by atoms with Gasteiger partial charge < -0.3 is 5.73 Å². The minimum absolute atomic E-state index is 0.777. The Balaban J connectivity index is 2.21. The minimum Gasteiger partial charge on any atom is -0.330 e. The van der Waals surface area contributed by atoms with Gasteiger partial charge in [0, 0.05) is 0 Å². The number of rotatable bonds is 4. The Morgan fingerprint density at radius 3 is 3.00 bits per heavy atom. The Bertz CT molecular complexity index is 343. The smallest absolute Gasteiger partial charge is 0.00771 e. The van der Waals surface area contributed by atoms with Gasteiger partial charge in [-0.2, -0.15) is 0 Å².